The molecule has 8 heteroatoms. The molecular weight excluding hydrogens is 872 g/mol. The SMILES string of the molecule is C1=CCC=C1.CC(C)C1CO/C(=C2/C=CC=C2P(c2ccccc2)c2ccccc2)N1.[Cl-].[Cl-].[Fe].[Ru+2].c1ccc(P(c2ccccc2)c2ccccc2)cc1. The molecule has 0 bridgehead atoms. The fraction of sp³-hybridized carbons (Fsp3) is 0.130. The van der Waals surface area contributed by atoms with Crippen molar-refractivity contribution in [2.75, 3.05) is 6.61 Å². The Morgan fingerprint density at radius 2 is 0.926 bits per heavy atom. The summed E-state index contributed by atoms with van der Waals surface area (Å²) in [4.78, 5) is 0. The topological polar surface area (TPSA) is 21.3 Å². The minimum atomic E-state index is -0.616. The fourth-order valence-corrected chi connectivity index (χ4v) is 10.6. The van der Waals surface area contributed by atoms with Gasteiger partial charge in [0.2, 0.25) is 0 Å². The van der Waals surface area contributed by atoms with Gasteiger partial charge in [-0.25, -0.2) is 0 Å². The van der Waals surface area contributed by atoms with Crippen LogP contribution >= 0.6 is 15.8 Å². The first-order chi connectivity index (χ1) is 24.7. The number of hydrogen-bond acceptors (Lipinski definition) is 2. The Bertz CT molecular complexity index is 1800. The molecule has 280 valence electrons. The van der Waals surface area contributed by atoms with E-state index in [1.807, 2.05) is 0 Å². The first kappa shape index (κ1) is 47.1. The van der Waals surface area contributed by atoms with E-state index in [1.165, 1.54) is 37.4 Å². The van der Waals surface area contributed by atoms with Gasteiger partial charge in [0, 0.05) is 22.6 Å². The third kappa shape index (κ3) is 13.0. The van der Waals surface area contributed by atoms with E-state index in [-0.39, 0.29) is 61.4 Å². The van der Waals surface area contributed by atoms with Crippen LogP contribution in [0.2, 0.25) is 0 Å². The number of hydrogen-bond donors (Lipinski definition) is 1. The molecule has 1 unspecified atom stereocenters. The van der Waals surface area contributed by atoms with Crippen molar-refractivity contribution in [1.29, 1.82) is 0 Å². The molecule has 0 spiro atoms. The van der Waals surface area contributed by atoms with E-state index >= 15 is 0 Å². The fourth-order valence-electron chi connectivity index (χ4n) is 5.89. The second-order valence-electron chi connectivity index (χ2n) is 12.4. The second kappa shape index (κ2) is 25.2. The molecule has 1 N–H and O–H groups in total. The van der Waals surface area contributed by atoms with Gasteiger partial charge in [-0.2, -0.15) is 0 Å². The van der Waals surface area contributed by atoms with E-state index < -0.39 is 15.8 Å². The Kier molecular flexibility index (Phi) is 22.0. The maximum absolute atomic E-state index is 6.05. The van der Waals surface area contributed by atoms with E-state index in [9.17, 15) is 0 Å². The van der Waals surface area contributed by atoms with Crippen LogP contribution in [0.5, 0.6) is 0 Å². The number of ether oxygens (including phenoxy) is 1. The van der Waals surface area contributed by atoms with Crippen LogP contribution in [-0.4, -0.2) is 12.6 Å². The predicted molar refractivity (Wildman–Crippen MR) is 219 cm³/mol. The molecule has 1 fully saturated rings. The Balaban J connectivity index is 0.000000319. The van der Waals surface area contributed by atoms with Crippen molar-refractivity contribution in [3.05, 3.63) is 211 Å². The van der Waals surface area contributed by atoms with E-state index in [4.69, 9.17) is 4.74 Å². The zero-order chi connectivity index (χ0) is 34.4. The van der Waals surface area contributed by atoms with Crippen LogP contribution in [0, 0.1) is 5.92 Å². The first-order valence-corrected chi connectivity index (χ1v) is 20.1. The third-order valence-corrected chi connectivity index (χ3v) is 13.5. The smallest absolute Gasteiger partial charge is 1.00 e. The van der Waals surface area contributed by atoms with Gasteiger partial charge in [-0.15, -0.1) is 0 Å². The zero-order valence-corrected chi connectivity index (χ0v) is 36.5. The minimum Gasteiger partial charge on any atom is -1.00 e. The van der Waals surface area contributed by atoms with Gasteiger partial charge in [0.05, 0.1) is 6.04 Å². The number of nitrogens with one attached hydrogen (secondary N) is 1. The van der Waals surface area contributed by atoms with Gasteiger partial charge in [0.15, 0.2) is 5.88 Å². The van der Waals surface area contributed by atoms with E-state index in [1.54, 1.807) is 0 Å². The van der Waals surface area contributed by atoms with Crippen molar-refractivity contribution in [1.82, 2.24) is 5.32 Å². The van der Waals surface area contributed by atoms with E-state index in [2.05, 4.69) is 213 Å². The van der Waals surface area contributed by atoms with Gasteiger partial charge in [-0.05, 0) is 66.1 Å². The molecule has 2 aliphatic carbocycles. The van der Waals surface area contributed by atoms with Crippen LogP contribution in [0.25, 0.3) is 0 Å². The van der Waals surface area contributed by atoms with Gasteiger partial charge < -0.3 is 34.9 Å². The number of halogens is 2. The van der Waals surface area contributed by atoms with Crippen LogP contribution in [-0.2, 0) is 41.3 Å². The van der Waals surface area contributed by atoms with Crippen molar-refractivity contribution in [2.45, 2.75) is 26.3 Å². The summed E-state index contributed by atoms with van der Waals surface area (Å²) < 4.78 is 6.05. The molecule has 0 radical (unpaired) electrons. The zero-order valence-electron chi connectivity index (χ0n) is 30.3. The van der Waals surface area contributed by atoms with Crippen molar-refractivity contribution < 1.29 is 66.1 Å². The number of allylic oxidation sites excluding steroid dienone is 9. The Morgan fingerprint density at radius 3 is 1.24 bits per heavy atom. The molecule has 1 atom stereocenters. The molecule has 0 saturated carbocycles. The summed E-state index contributed by atoms with van der Waals surface area (Å²) in [6.07, 6.45) is 16.1. The van der Waals surface area contributed by atoms with Crippen molar-refractivity contribution in [2.24, 2.45) is 5.92 Å². The molecule has 0 amide bonds. The molecule has 5 aromatic carbocycles. The molecule has 1 aliphatic heterocycles. The van der Waals surface area contributed by atoms with Crippen molar-refractivity contribution in [3.63, 3.8) is 0 Å². The van der Waals surface area contributed by atoms with Gasteiger partial charge in [0.1, 0.15) is 6.61 Å². The molecule has 0 aromatic heterocycles. The number of benzene rings is 5. The molecule has 3 aliphatic rings. The van der Waals surface area contributed by atoms with Crippen LogP contribution in [0.15, 0.2) is 211 Å². The minimum absolute atomic E-state index is 0. The summed E-state index contributed by atoms with van der Waals surface area (Å²) in [6, 6.07) is 54.3. The summed E-state index contributed by atoms with van der Waals surface area (Å²) in [6.45, 7) is 5.21. The van der Waals surface area contributed by atoms with Crippen molar-refractivity contribution in [3.8, 4) is 0 Å². The average Bonchev–Trinajstić information content (AvgIpc) is 4.00. The molecule has 1 saturated heterocycles. The molecule has 54 heavy (non-hydrogen) atoms. The second-order valence-corrected chi connectivity index (χ2v) is 16.8. The van der Waals surface area contributed by atoms with Crippen molar-refractivity contribution >= 4 is 42.4 Å². The van der Waals surface area contributed by atoms with E-state index in [0.717, 1.165) is 18.9 Å². The Hall–Kier alpha value is -3.02. The van der Waals surface area contributed by atoms with Gasteiger partial charge in [0.25, 0.3) is 0 Å². The van der Waals surface area contributed by atoms with E-state index in [0.29, 0.717) is 12.0 Å². The number of rotatable bonds is 7. The first-order valence-electron chi connectivity index (χ1n) is 17.4. The van der Waals surface area contributed by atoms with Gasteiger partial charge in [-0.1, -0.05) is 202 Å². The molecule has 8 rings (SSSR count). The summed E-state index contributed by atoms with van der Waals surface area (Å²) in [5, 5.41) is 11.9. The summed E-state index contributed by atoms with van der Waals surface area (Å²) in [5.74, 6) is 1.48. The molecule has 5 aromatic rings. The largest absolute Gasteiger partial charge is 2.00 e. The Labute approximate surface area is 360 Å². The monoisotopic (exact) mass is 917 g/mol. The summed E-state index contributed by atoms with van der Waals surface area (Å²) in [5.41, 5.74) is 1.20. The molecule has 2 nitrogen and oxygen atoms in total. The third-order valence-electron chi connectivity index (χ3n) is 8.53. The maximum Gasteiger partial charge on any atom is 2.00 e. The van der Waals surface area contributed by atoms with Crippen LogP contribution in [0.4, 0.5) is 0 Å². The van der Waals surface area contributed by atoms with Crippen LogP contribution < -0.4 is 56.7 Å². The summed E-state index contributed by atoms with van der Waals surface area (Å²) >= 11 is 0. The predicted octanol–water partition coefficient (Wildman–Crippen LogP) is 3.38. The van der Waals surface area contributed by atoms with Gasteiger partial charge in [-0.3, -0.25) is 0 Å². The van der Waals surface area contributed by atoms with Crippen LogP contribution in [0.3, 0.4) is 0 Å². The standard InChI is InChI=1S/C23H24NOP.C18H15P.C5H6.2ClH.Fe.Ru/c1-17(2)21-16-25-23(24-21)20-14-9-15-22(20)26(18-10-5-3-6-11-18)19-12-7-4-8-13-19;1-4-10-16(11-5-1)19(17-12-6-2-7-13-17)18-14-8-3-9-15-18;1-2-4-5-3-1;;;;/h3-15,17,21,24H,16H2,1-2H3;1-15H;1-4H,5H2;2*1H;;/q;;;;;;+2/p-2/b23-20-;;;;;;. The summed E-state index contributed by atoms with van der Waals surface area (Å²) in [7, 11) is -1.06. The molecular formula is C46H45Cl2FeNOP2Ru. The van der Waals surface area contributed by atoms with Gasteiger partial charge >= 0.3 is 19.5 Å². The average molecular weight is 918 g/mol. The normalized spacial score (nSPS) is 15.9. The maximum atomic E-state index is 6.05. The molecule has 1 heterocycles. The quantitative estimate of drug-likeness (QED) is 0.200. The Morgan fingerprint density at radius 1 is 0.556 bits per heavy atom. The van der Waals surface area contributed by atoms with Crippen LogP contribution in [0.1, 0.15) is 20.3 Å².